The van der Waals surface area contributed by atoms with Crippen molar-refractivity contribution in [2.75, 3.05) is 5.32 Å². The summed E-state index contributed by atoms with van der Waals surface area (Å²) < 4.78 is 39.2. The van der Waals surface area contributed by atoms with E-state index in [1.54, 1.807) is 12.1 Å². The van der Waals surface area contributed by atoms with Crippen molar-refractivity contribution in [1.82, 2.24) is 0 Å². The van der Waals surface area contributed by atoms with Gasteiger partial charge in [0.2, 0.25) is 0 Å². The van der Waals surface area contributed by atoms with E-state index in [4.69, 9.17) is 0 Å². The van der Waals surface area contributed by atoms with Crippen LogP contribution < -0.4 is 5.32 Å². The quantitative estimate of drug-likeness (QED) is 0.880. The van der Waals surface area contributed by atoms with Crippen molar-refractivity contribution >= 4 is 21.6 Å². The van der Waals surface area contributed by atoms with Gasteiger partial charge in [0.1, 0.15) is 17.5 Å². The van der Waals surface area contributed by atoms with Gasteiger partial charge >= 0.3 is 0 Å². The van der Waals surface area contributed by atoms with Gasteiger partial charge < -0.3 is 5.32 Å². The average Bonchev–Trinajstić information content (AvgIpc) is 2.29. The lowest BCUT2D eigenvalue weighted by atomic mass is 10.2. The lowest BCUT2D eigenvalue weighted by Crippen LogP contribution is -2.00. The molecule has 0 aliphatic heterocycles. The molecule has 0 saturated carbocycles. The highest BCUT2D eigenvalue weighted by atomic mass is 79.9. The molecule has 1 nitrogen and oxygen atoms in total. The number of anilines is 1. The molecule has 0 aliphatic carbocycles. The monoisotopic (exact) mass is 315 g/mol. The summed E-state index contributed by atoms with van der Waals surface area (Å²) in [6.45, 7) is 0.257. The van der Waals surface area contributed by atoms with Crippen molar-refractivity contribution in [3.05, 3.63) is 63.9 Å². The van der Waals surface area contributed by atoms with E-state index in [-0.39, 0.29) is 12.4 Å². The molecule has 0 bridgehead atoms. The Morgan fingerprint density at radius 1 is 0.944 bits per heavy atom. The maximum atomic E-state index is 13.0. The van der Waals surface area contributed by atoms with Gasteiger partial charge in [-0.3, -0.25) is 0 Å². The Morgan fingerprint density at radius 3 is 2.22 bits per heavy atom. The van der Waals surface area contributed by atoms with Crippen LogP contribution in [0.25, 0.3) is 0 Å². The molecule has 0 saturated heterocycles. The summed E-state index contributed by atoms with van der Waals surface area (Å²) in [6.07, 6.45) is 0. The van der Waals surface area contributed by atoms with E-state index in [0.29, 0.717) is 15.7 Å². The number of halogens is 4. The van der Waals surface area contributed by atoms with E-state index >= 15 is 0 Å². The average molecular weight is 316 g/mol. The van der Waals surface area contributed by atoms with Crippen LogP contribution in [0.1, 0.15) is 5.56 Å². The summed E-state index contributed by atoms with van der Waals surface area (Å²) in [7, 11) is 0. The van der Waals surface area contributed by atoms with Crippen molar-refractivity contribution in [3.8, 4) is 0 Å². The second kappa shape index (κ2) is 5.44. The Kier molecular flexibility index (Phi) is 3.91. The molecule has 2 aromatic rings. The third-order valence-corrected chi connectivity index (χ3v) is 2.95. The third kappa shape index (κ3) is 3.26. The molecule has 0 atom stereocenters. The molecular formula is C13H9BrF3N. The smallest absolute Gasteiger partial charge is 0.137 e. The first kappa shape index (κ1) is 13.0. The summed E-state index contributed by atoms with van der Waals surface area (Å²) in [6, 6.07) is 7.72. The van der Waals surface area contributed by atoms with Crippen LogP contribution in [0.2, 0.25) is 0 Å². The zero-order valence-electron chi connectivity index (χ0n) is 9.18. The minimum atomic E-state index is -0.618. The Balaban J connectivity index is 2.08. The fourth-order valence-corrected chi connectivity index (χ4v) is 1.90. The zero-order chi connectivity index (χ0) is 13.1. The van der Waals surface area contributed by atoms with Crippen LogP contribution in [0.4, 0.5) is 18.9 Å². The van der Waals surface area contributed by atoms with E-state index in [1.807, 2.05) is 0 Å². The fraction of sp³-hybridized carbons (Fsp3) is 0.0769. The van der Waals surface area contributed by atoms with E-state index in [1.165, 1.54) is 18.2 Å². The van der Waals surface area contributed by atoms with Gasteiger partial charge in [-0.05, 0) is 51.8 Å². The van der Waals surface area contributed by atoms with Crippen molar-refractivity contribution in [2.45, 2.75) is 6.54 Å². The molecule has 0 amide bonds. The van der Waals surface area contributed by atoms with Crippen LogP contribution in [0.3, 0.4) is 0 Å². The first-order valence-corrected chi connectivity index (χ1v) is 5.98. The third-order valence-electron chi connectivity index (χ3n) is 2.34. The molecule has 2 rings (SSSR count). The highest BCUT2D eigenvalue weighted by molar-refractivity contribution is 9.10. The summed E-state index contributed by atoms with van der Waals surface area (Å²) in [5.41, 5.74) is 1.14. The number of hydrogen-bond donors (Lipinski definition) is 1. The fourth-order valence-electron chi connectivity index (χ4n) is 1.52. The molecule has 5 heteroatoms. The topological polar surface area (TPSA) is 12.0 Å². The first-order valence-electron chi connectivity index (χ1n) is 5.18. The number of rotatable bonds is 3. The van der Waals surface area contributed by atoms with Crippen molar-refractivity contribution < 1.29 is 13.2 Å². The Hall–Kier alpha value is -1.49. The van der Waals surface area contributed by atoms with Crippen LogP contribution in [0.15, 0.2) is 40.9 Å². The lowest BCUT2D eigenvalue weighted by Gasteiger charge is -2.07. The Labute approximate surface area is 111 Å². The zero-order valence-corrected chi connectivity index (χ0v) is 10.8. The van der Waals surface area contributed by atoms with Gasteiger partial charge in [-0.1, -0.05) is 0 Å². The molecule has 2 aromatic carbocycles. The Bertz CT molecular complexity index is 552. The van der Waals surface area contributed by atoms with E-state index in [9.17, 15) is 13.2 Å². The molecule has 0 fully saturated rings. The van der Waals surface area contributed by atoms with Gasteiger partial charge in [0, 0.05) is 18.3 Å². The van der Waals surface area contributed by atoms with Crippen molar-refractivity contribution in [1.29, 1.82) is 0 Å². The van der Waals surface area contributed by atoms with Crippen LogP contribution in [-0.2, 0) is 6.54 Å². The predicted molar refractivity (Wildman–Crippen MR) is 67.8 cm³/mol. The van der Waals surface area contributed by atoms with E-state index < -0.39 is 11.6 Å². The maximum absolute atomic E-state index is 13.0. The molecule has 0 radical (unpaired) electrons. The standard InChI is InChI=1S/C13H9BrF3N/c14-12-6-11(1-2-13(12)17)18-7-8-3-9(15)5-10(16)4-8/h1-6,18H,7H2. The molecule has 0 spiro atoms. The SMILES string of the molecule is Fc1cc(F)cc(CNc2ccc(F)c(Br)c2)c1. The molecule has 0 heterocycles. The highest BCUT2D eigenvalue weighted by Gasteiger charge is 2.02. The second-order valence-electron chi connectivity index (χ2n) is 3.76. The second-order valence-corrected chi connectivity index (χ2v) is 4.61. The molecule has 94 valence electrons. The first-order chi connectivity index (χ1) is 8.54. The largest absolute Gasteiger partial charge is 0.381 e. The van der Waals surface area contributed by atoms with Gasteiger partial charge in [0.25, 0.3) is 0 Å². The summed E-state index contributed by atoms with van der Waals surface area (Å²) >= 11 is 3.06. The van der Waals surface area contributed by atoms with Gasteiger partial charge in [0.15, 0.2) is 0 Å². The molecule has 0 aromatic heterocycles. The van der Waals surface area contributed by atoms with E-state index in [0.717, 1.165) is 6.07 Å². The molecule has 0 aliphatic rings. The molecular weight excluding hydrogens is 307 g/mol. The number of benzene rings is 2. The van der Waals surface area contributed by atoms with E-state index in [2.05, 4.69) is 21.2 Å². The van der Waals surface area contributed by atoms with Crippen molar-refractivity contribution in [3.63, 3.8) is 0 Å². The summed E-state index contributed by atoms with van der Waals surface area (Å²) in [5.74, 6) is -1.60. The minimum Gasteiger partial charge on any atom is -0.381 e. The van der Waals surface area contributed by atoms with Crippen LogP contribution >= 0.6 is 15.9 Å². The highest BCUT2D eigenvalue weighted by Crippen LogP contribution is 2.20. The van der Waals surface area contributed by atoms with Crippen LogP contribution in [-0.4, -0.2) is 0 Å². The minimum absolute atomic E-state index is 0.257. The van der Waals surface area contributed by atoms with Crippen LogP contribution in [0, 0.1) is 17.5 Å². The lowest BCUT2D eigenvalue weighted by molar-refractivity contribution is 0.580. The summed E-state index contributed by atoms with van der Waals surface area (Å²) in [5, 5.41) is 2.95. The van der Waals surface area contributed by atoms with Gasteiger partial charge in [0.05, 0.1) is 4.47 Å². The normalized spacial score (nSPS) is 10.4. The maximum Gasteiger partial charge on any atom is 0.137 e. The van der Waals surface area contributed by atoms with Gasteiger partial charge in [-0.2, -0.15) is 0 Å². The molecule has 18 heavy (non-hydrogen) atoms. The number of nitrogens with one attached hydrogen (secondary N) is 1. The predicted octanol–water partition coefficient (Wildman–Crippen LogP) is 4.48. The van der Waals surface area contributed by atoms with Crippen molar-refractivity contribution in [2.24, 2.45) is 0 Å². The number of hydrogen-bond acceptors (Lipinski definition) is 1. The van der Waals surface area contributed by atoms with Crippen LogP contribution in [0.5, 0.6) is 0 Å². The molecule has 0 unspecified atom stereocenters. The summed E-state index contributed by atoms with van der Waals surface area (Å²) in [4.78, 5) is 0. The van der Waals surface area contributed by atoms with Gasteiger partial charge in [-0.15, -0.1) is 0 Å². The Morgan fingerprint density at radius 2 is 1.61 bits per heavy atom. The van der Waals surface area contributed by atoms with Gasteiger partial charge in [-0.25, -0.2) is 13.2 Å². The molecule has 1 N–H and O–H groups in total.